The molecule has 0 aliphatic carbocycles. The van der Waals surface area contributed by atoms with Crippen LogP contribution in [0.25, 0.3) is 0 Å². The maximum Gasteiger partial charge on any atom is 0.289 e. The summed E-state index contributed by atoms with van der Waals surface area (Å²) in [6.07, 6.45) is 0.203. The normalized spacial score (nSPS) is 14.4. The van der Waals surface area contributed by atoms with Crippen LogP contribution in [0.4, 0.5) is 0 Å². The topological polar surface area (TPSA) is 139 Å². The number of nitrogens with zero attached hydrogens (tertiary/aromatic N) is 1. The molecule has 1 unspecified atom stereocenters. The van der Waals surface area contributed by atoms with Crippen molar-refractivity contribution in [3.05, 3.63) is 71.8 Å². The van der Waals surface area contributed by atoms with E-state index in [0.29, 0.717) is 38.3 Å². The van der Waals surface area contributed by atoms with E-state index in [0.717, 1.165) is 5.56 Å². The van der Waals surface area contributed by atoms with Crippen LogP contribution < -0.4 is 10.6 Å². The molecule has 2 aromatic rings. The van der Waals surface area contributed by atoms with E-state index < -0.39 is 45.7 Å². The van der Waals surface area contributed by atoms with E-state index in [1.54, 1.807) is 30.3 Å². The van der Waals surface area contributed by atoms with Gasteiger partial charge in [0.15, 0.2) is 9.84 Å². The fourth-order valence-corrected chi connectivity index (χ4v) is 5.73. The number of sulfone groups is 1. The highest BCUT2D eigenvalue weighted by molar-refractivity contribution is 7.90. The molecule has 3 rings (SSSR count). The first kappa shape index (κ1) is 29.0. The predicted molar refractivity (Wildman–Crippen MR) is 141 cm³/mol. The molecule has 11 heteroatoms. The van der Waals surface area contributed by atoms with Gasteiger partial charge < -0.3 is 20.3 Å². The Labute approximate surface area is 222 Å². The number of Topliss-reactive ketones (excluding diaryl/α,β-unsaturated/α-hetero) is 1. The van der Waals surface area contributed by atoms with Gasteiger partial charge in [0.1, 0.15) is 0 Å². The Morgan fingerprint density at radius 2 is 1.47 bits per heavy atom. The van der Waals surface area contributed by atoms with Crippen LogP contribution in [0.15, 0.2) is 60.7 Å². The van der Waals surface area contributed by atoms with Gasteiger partial charge in [-0.05, 0) is 17.5 Å². The fourth-order valence-electron chi connectivity index (χ4n) is 4.03. The van der Waals surface area contributed by atoms with Crippen LogP contribution in [0.3, 0.4) is 0 Å². The third-order valence-corrected chi connectivity index (χ3v) is 7.74. The lowest BCUT2D eigenvalue weighted by atomic mass is 10.1. The highest BCUT2D eigenvalue weighted by Gasteiger charge is 2.31. The van der Waals surface area contributed by atoms with E-state index in [9.17, 15) is 27.6 Å². The van der Waals surface area contributed by atoms with Gasteiger partial charge in [-0.15, -0.1) is 0 Å². The average molecular weight is 544 g/mol. The highest BCUT2D eigenvalue weighted by Crippen LogP contribution is 2.15. The molecule has 1 fully saturated rings. The summed E-state index contributed by atoms with van der Waals surface area (Å²) in [6, 6.07) is 18.0. The summed E-state index contributed by atoms with van der Waals surface area (Å²) in [6.45, 7) is 1.08. The molecule has 204 valence electrons. The van der Waals surface area contributed by atoms with Crippen LogP contribution in [0, 0.1) is 5.92 Å². The Morgan fingerprint density at radius 1 is 0.868 bits per heavy atom. The van der Waals surface area contributed by atoms with Gasteiger partial charge in [-0.3, -0.25) is 19.2 Å². The van der Waals surface area contributed by atoms with Gasteiger partial charge in [0.25, 0.3) is 5.91 Å². The number of nitrogens with one attached hydrogen (secondary N) is 2. The van der Waals surface area contributed by atoms with Crippen molar-refractivity contribution >= 4 is 33.3 Å². The van der Waals surface area contributed by atoms with Gasteiger partial charge in [0, 0.05) is 26.1 Å². The van der Waals surface area contributed by atoms with E-state index in [1.165, 1.54) is 4.90 Å². The first-order valence-corrected chi connectivity index (χ1v) is 14.3. The lowest BCUT2D eigenvalue weighted by molar-refractivity contribution is -0.140. The molecule has 0 bridgehead atoms. The van der Waals surface area contributed by atoms with Gasteiger partial charge in [-0.25, -0.2) is 8.42 Å². The largest absolute Gasteiger partial charge is 0.378 e. The lowest BCUT2D eigenvalue weighted by Gasteiger charge is -2.28. The molecule has 0 radical (unpaired) electrons. The molecular formula is C27H33N3O7S. The molecule has 0 saturated carbocycles. The first-order chi connectivity index (χ1) is 18.2. The summed E-state index contributed by atoms with van der Waals surface area (Å²) >= 11 is 0. The number of amides is 3. The Balaban J connectivity index is 1.57. The molecule has 1 atom stereocenters. The number of hydrogen-bond donors (Lipinski definition) is 2. The maximum atomic E-state index is 13.0. The number of carbonyl (C=O) groups is 4. The number of benzene rings is 2. The predicted octanol–water partition coefficient (Wildman–Crippen LogP) is 0.511. The van der Waals surface area contributed by atoms with Crippen molar-refractivity contribution in [2.45, 2.75) is 18.6 Å². The smallest absolute Gasteiger partial charge is 0.289 e. The third-order valence-electron chi connectivity index (χ3n) is 6.06. The second kappa shape index (κ2) is 14.4. The number of hydrogen-bond acceptors (Lipinski definition) is 7. The Kier molecular flexibility index (Phi) is 11.0. The molecule has 10 nitrogen and oxygen atoms in total. The van der Waals surface area contributed by atoms with Gasteiger partial charge in [0.2, 0.25) is 17.6 Å². The SMILES string of the molecule is O=C(CNC(=O)C(CC(=O)N1CCOCC1)CS(=O)(=O)Cc1ccccc1)C(=O)NCCc1ccccc1. The van der Waals surface area contributed by atoms with Crippen LogP contribution in [0.1, 0.15) is 17.5 Å². The number of ketones is 1. The molecular weight excluding hydrogens is 510 g/mol. The zero-order valence-corrected chi connectivity index (χ0v) is 22.0. The van der Waals surface area contributed by atoms with Crippen LogP contribution in [0.2, 0.25) is 0 Å². The third kappa shape index (κ3) is 9.71. The van der Waals surface area contributed by atoms with Crippen molar-refractivity contribution in [1.82, 2.24) is 15.5 Å². The van der Waals surface area contributed by atoms with Crippen molar-refractivity contribution in [2.24, 2.45) is 5.92 Å². The summed E-state index contributed by atoms with van der Waals surface area (Å²) in [7, 11) is -3.77. The van der Waals surface area contributed by atoms with Gasteiger partial charge in [-0.1, -0.05) is 60.7 Å². The maximum absolute atomic E-state index is 13.0. The van der Waals surface area contributed by atoms with Crippen molar-refractivity contribution in [2.75, 3.05) is 45.1 Å². The number of ether oxygens (including phenoxy) is 1. The van der Waals surface area contributed by atoms with Crippen molar-refractivity contribution in [3.63, 3.8) is 0 Å². The van der Waals surface area contributed by atoms with E-state index in [4.69, 9.17) is 4.74 Å². The van der Waals surface area contributed by atoms with Gasteiger partial charge in [0.05, 0.1) is 37.2 Å². The zero-order chi connectivity index (χ0) is 27.4. The highest BCUT2D eigenvalue weighted by atomic mass is 32.2. The summed E-state index contributed by atoms with van der Waals surface area (Å²) < 4.78 is 31.0. The minimum Gasteiger partial charge on any atom is -0.378 e. The molecule has 1 aliphatic heterocycles. The minimum absolute atomic E-state index is 0.247. The van der Waals surface area contributed by atoms with Crippen molar-refractivity contribution in [3.8, 4) is 0 Å². The molecule has 2 N–H and O–H groups in total. The second-order valence-electron chi connectivity index (χ2n) is 9.07. The molecule has 38 heavy (non-hydrogen) atoms. The van der Waals surface area contributed by atoms with Gasteiger partial charge in [-0.2, -0.15) is 0 Å². The number of rotatable bonds is 13. The van der Waals surface area contributed by atoms with Crippen LogP contribution in [-0.2, 0) is 45.9 Å². The molecule has 0 spiro atoms. The Morgan fingerprint density at radius 3 is 2.11 bits per heavy atom. The Bertz CT molecular complexity index is 1200. The van der Waals surface area contributed by atoms with Crippen molar-refractivity contribution < 1.29 is 32.3 Å². The standard InChI is InChI=1S/C27H33N3O7S/c31-24(27(34)28-12-11-21-7-3-1-4-8-21)18-29-26(33)23(17-25(32)30-13-15-37-16-14-30)20-38(35,36)19-22-9-5-2-6-10-22/h1-10,23H,11-20H2,(H,28,34)(H,29,33). The number of morpholine rings is 1. The summed E-state index contributed by atoms with van der Waals surface area (Å²) in [5.74, 6) is -4.92. The lowest BCUT2D eigenvalue weighted by Crippen LogP contribution is -2.46. The summed E-state index contributed by atoms with van der Waals surface area (Å²) in [5, 5.41) is 4.87. The molecule has 2 aromatic carbocycles. The second-order valence-corrected chi connectivity index (χ2v) is 11.2. The van der Waals surface area contributed by atoms with E-state index >= 15 is 0 Å². The molecule has 1 heterocycles. The first-order valence-electron chi connectivity index (χ1n) is 12.5. The average Bonchev–Trinajstić information content (AvgIpc) is 2.92. The van der Waals surface area contributed by atoms with E-state index in [-0.39, 0.29) is 24.6 Å². The monoisotopic (exact) mass is 543 g/mol. The van der Waals surface area contributed by atoms with Crippen molar-refractivity contribution in [1.29, 1.82) is 0 Å². The fraction of sp³-hybridized carbons (Fsp3) is 0.407. The number of carbonyl (C=O) groups excluding carboxylic acids is 4. The molecule has 0 aromatic heterocycles. The Hall–Kier alpha value is -3.57. The molecule has 1 saturated heterocycles. The van der Waals surface area contributed by atoms with Crippen LogP contribution in [-0.4, -0.2) is 82.0 Å². The molecule has 1 aliphatic rings. The quantitative estimate of drug-likeness (QED) is 0.351. The minimum atomic E-state index is -3.77. The summed E-state index contributed by atoms with van der Waals surface area (Å²) in [5.41, 5.74) is 1.56. The molecule has 3 amide bonds. The van der Waals surface area contributed by atoms with Crippen LogP contribution >= 0.6 is 0 Å². The van der Waals surface area contributed by atoms with E-state index in [2.05, 4.69) is 10.6 Å². The zero-order valence-electron chi connectivity index (χ0n) is 21.1. The van der Waals surface area contributed by atoms with Gasteiger partial charge >= 0.3 is 0 Å². The summed E-state index contributed by atoms with van der Waals surface area (Å²) in [4.78, 5) is 51.7. The van der Waals surface area contributed by atoms with Crippen LogP contribution in [0.5, 0.6) is 0 Å². The van der Waals surface area contributed by atoms with E-state index in [1.807, 2.05) is 30.3 Å².